The molecule has 0 saturated carbocycles. The van der Waals surface area contributed by atoms with Gasteiger partial charge in [0.1, 0.15) is 0 Å². The van der Waals surface area contributed by atoms with Crippen LogP contribution < -0.4 is 0 Å². The van der Waals surface area contributed by atoms with Crippen LogP contribution in [-0.2, 0) is 0 Å². The lowest BCUT2D eigenvalue weighted by Crippen LogP contribution is -1.89. The Morgan fingerprint density at radius 3 is 1.94 bits per heavy atom. The zero-order chi connectivity index (χ0) is 33.0. The van der Waals surface area contributed by atoms with Gasteiger partial charge in [-0.25, -0.2) is 4.98 Å². The Morgan fingerprint density at radius 1 is 0.340 bits per heavy atom. The Balaban J connectivity index is 0.976. The van der Waals surface area contributed by atoms with Crippen molar-refractivity contribution in [3.8, 4) is 44.6 Å². The molecule has 0 spiro atoms. The number of nitrogens with zero attached hydrogens (tertiary/aromatic N) is 4. The van der Waals surface area contributed by atoms with E-state index in [2.05, 4.69) is 148 Å². The molecule has 0 fully saturated rings. The average Bonchev–Trinajstić information content (AvgIpc) is 3.19. The molecule has 4 aromatic heterocycles. The molecule has 6 aromatic carbocycles. The van der Waals surface area contributed by atoms with E-state index < -0.39 is 0 Å². The molecule has 4 heteroatoms. The van der Waals surface area contributed by atoms with E-state index in [1.165, 1.54) is 10.8 Å². The van der Waals surface area contributed by atoms with Crippen molar-refractivity contribution in [1.29, 1.82) is 0 Å². The Labute approximate surface area is 288 Å². The van der Waals surface area contributed by atoms with Crippen LogP contribution in [0, 0.1) is 0 Å². The number of aromatic nitrogens is 4. The van der Waals surface area contributed by atoms with Crippen molar-refractivity contribution in [1.82, 2.24) is 19.9 Å². The zero-order valence-corrected chi connectivity index (χ0v) is 27.0. The van der Waals surface area contributed by atoms with Gasteiger partial charge in [-0.15, -0.1) is 0 Å². The molecule has 0 amide bonds. The van der Waals surface area contributed by atoms with Gasteiger partial charge in [-0.05, 0) is 87.1 Å². The SMILES string of the molecule is c1ccc2ncc(-c3ccc4ccc(-c5ccc6ccc(-c7ccc(-c8ccnc9c8ccc8cccnc89)cc7)cc6n5)cc4c3)cc2c1. The van der Waals surface area contributed by atoms with Crippen LogP contribution in [0.15, 0.2) is 170 Å². The maximum atomic E-state index is 5.15. The minimum atomic E-state index is 0.926. The molecule has 4 nitrogen and oxygen atoms in total. The second kappa shape index (κ2) is 11.4. The number of rotatable bonds is 4. The highest BCUT2D eigenvalue weighted by Crippen LogP contribution is 2.34. The number of benzene rings is 6. The Morgan fingerprint density at radius 2 is 1.02 bits per heavy atom. The van der Waals surface area contributed by atoms with Crippen LogP contribution in [0.5, 0.6) is 0 Å². The summed E-state index contributed by atoms with van der Waals surface area (Å²) in [6.45, 7) is 0. The highest BCUT2D eigenvalue weighted by molar-refractivity contribution is 6.08. The second-order valence-corrected chi connectivity index (χ2v) is 12.8. The number of pyridine rings is 4. The molecule has 0 N–H and O–H groups in total. The lowest BCUT2D eigenvalue weighted by Gasteiger charge is -2.10. The standard InChI is InChI=1S/C46H28N4/c1-2-6-42-36(4-1)26-39(28-49-42)34-14-9-30-10-16-37(25-38(30)24-34)43-20-18-32-13-15-35(27-44(32)50-43)29-7-11-31(12-8-29)40-21-23-48-46-41(40)19-17-33-5-3-22-47-45(33)46/h1-28H. The summed E-state index contributed by atoms with van der Waals surface area (Å²) in [6, 6.07) is 53.6. The normalized spacial score (nSPS) is 11.6. The van der Waals surface area contributed by atoms with Crippen molar-refractivity contribution in [3.05, 3.63) is 170 Å². The van der Waals surface area contributed by atoms with E-state index >= 15 is 0 Å². The third-order valence-electron chi connectivity index (χ3n) is 9.76. The first-order valence-electron chi connectivity index (χ1n) is 16.8. The topological polar surface area (TPSA) is 51.6 Å². The van der Waals surface area contributed by atoms with Crippen LogP contribution in [-0.4, -0.2) is 19.9 Å². The minimum Gasteiger partial charge on any atom is -0.256 e. The number of para-hydroxylation sites is 1. The van der Waals surface area contributed by atoms with E-state index in [9.17, 15) is 0 Å². The van der Waals surface area contributed by atoms with Crippen LogP contribution in [0.1, 0.15) is 0 Å². The summed E-state index contributed by atoms with van der Waals surface area (Å²) < 4.78 is 0. The van der Waals surface area contributed by atoms with Gasteiger partial charge in [0.15, 0.2) is 0 Å². The van der Waals surface area contributed by atoms with E-state index in [1.807, 2.05) is 36.8 Å². The van der Waals surface area contributed by atoms with Gasteiger partial charge in [-0.3, -0.25) is 15.0 Å². The molecule has 10 aromatic rings. The number of hydrogen-bond acceptors (Lipinski definition) is 4. The van der Waals surface area contributed by atoms with Crippen LogP contribution in [0.2, 0.25) is 0 Å². The van der Waals surface area contributed by atoms with Gasteiger partial charge in [0.25, 0.3) is 0 Å². The highest BCUT2D eigenvalue weighted by Gasteiger charge is 2.11. The molecule has 50 heavy (non-hydrogen) atoms. The molecule has 0 aliphatic rings. The maximum absolute atomic E-state index is 5.15. The van der Waals surface area contributed by atoms with Crippen molar-refractivity contribution in [2.24, 2.45) is 0 Å². The fourth-order valence-corrected chi connectivity index (χ4v) is 7.12. The molecule has 232 valence electrons. The molecule has 4 heterocycles. The highest BCUT2D eigenvalue weighted by atomic mass is 14.7. The molecule has 0 saturated heterocycles. The predicted octanol–water partition coefficient (Wildman–Crippen LogP) is 11.7. The van der Waals surface area contributed by atoms with Crippen molar-refractivity contribution < 1.29 is 0 Å². The fourth-order valence-electron chi connectivity index (χ4n) is 7.12. The largest absolute Gasteiger partial charge is 0.256 e. The quantitative estimate of drug-likeness (QED) is 0.180. The first kappa shape index (κ1) is 28.3. The summed E-state index contributed by atoms with van der Waals surface area (Å²) in [7, 11) is 0. The summed E-state index contributed by atoms with van der Waals surface area (Å²) in [5, 5.41) is 6.83. The first-order chi connectivity index (χ1) is 24.7. The molecular formula is C46H28N4. The molecule has 0 bridgehead atoms. The van der Waals surface area contributed by atoms with Gasteiger partial charge in [0.05, 0.1) is 27.8 Å². The van der Waals surface area contributed by atoms with Crippen LogP contribution >= 0.6 is 0 Å². The van der Waals surface area contributed by atoms with Crippen molar-refractivity contribution in [2.75, 3.05) is 0 Å². The first-order valence-corrected chi connectivity index (χ1v) is 16.8. The van der Waals surface area contributed by atoms with Gasteiger partial charge in [0, 0.05) is 51.3 Å². The Kier molecular flexibility index (Phi) is 6.46. The smallest absolute Gasteiger partial charge is 0.0970 e. The zero-order valence-electron chi connectivity index (χ0n) is 27.0. The van der Waals surface area contributed by atoms with E-state index in [0.29, 0.717) is 0 Å². The molecule has 10 rings (SSSR count). The van der Waals surface area contributed by atoms with Gasteiger partial charge >= 0.3 is 0 Å². The molecule has 0 unspecified atom stereocenters. The Bertz CT molecular complexity index is 2930. The molecule has 0 aliphatic heterocycles. The molecule has 0 aliphatic carbocycles. The Hall–Kier alpha value is -6.78. The second-order valence-electron chi connectivity index (χ2n) is 12.8. The van der Waals surface area contributed by atoms with E-state index in [0.717, 1.165) is 88.2 Å². The predicted molar refractivity (Wildman–Crippen MR) is 207 cm³/mol. The minimum absolute atomic E-state index is 0.926. The number of fused-ring (bicyclic) bond motifs is 6. The van der Waals surface area contributed by atoms with Gasteiger partial charge in [-0.1, -0.05) is 103 Å². The summed E-state index contributed by atoms with van der Waals surface area (Å²) >= 11 is 0. The van der Waals surface area contributed by atoms with Crippen molar-refractivity contribution in [3.63, 3.8) is 0 Å². The molecular weight excluding hydrogens is 609 g/mol. The van der Waals surface area contributed by atoms with Crippen LogP contribution in [0.25, 0.3) is 99.0 Å². The monoisotopic (exact) mass is 636 g/mol. The summed E-state index contributed by atoms with van der Waals surface area (Å²) in [4.78, 5) is 19.1. The lowest BCUT2D eigenvalue weighted by atomic mass is 9.96. The summed E-state index contributed by atoms with van der Waals surface area (Å²) in [5.41, 5.74) is 12.7. The molecule has 0 radical (unpaired) electrons. The average molecular weight is 637 g/mol. The maximum Gasteiger partial charge on any atom is 0.0970 e. The van der Waals surface area contributed by atoms with Crippen LogP contribution in [0.3, 0.4) is 0 Å². The summed E-state index contributed by atoms with van der Waals surface area (Å²) in [5.74, 6) is 0. The van der Waals surface area contributed by atoms with Crippen molar-refractivity contribution in [2.45, 2.75) is 0 Å². The summed E-state index contributed by atoms with van der Waals surface area (Å²) in [6.07, 6.45) is 5.67. The van der Waals surface area contributed by atoms with Gasteiger partial charge in [0.2, 0.25) is 0 Å². The fraction of sp³-hybridized carbons (Fsp3) is 0. The van der Waals surface area contributed by atoms with E-state index in [1.54, 1.807) is 0 Å². The van der Waals surface area contributed by atoms with E-state index in [-0.39, 0.29) is 0 Å². The van der Waals surface area contributed by atoms with E-state index in [4.69, 9.17) is 4.98 Å². The molecule has 0 atom stereocenters. The van der Waals surface area contributed by atoms with Crippen LogP contribution in [0.4, 0.5) is 0 Å². The lowest BCUT2D eigenvalue weighted by molar-refractivity contribution is 1.37. The third kappa shape index (κ3) is 4.85. The van der Waals surface area contributed by atoms with Crippen molar-refractivity contribution >= 4 is 54.4 Å². The number of hydrogen-bond donors (Lipinski definition) is 0. The third-order valence-corrected chi connectivity index (χ3v) is 9.76. The van der Waals surface area contributed by atoms with Gasteiger partial charge < -0.3 is 0 Å². The van der Waals surface area contributed by atoms with Gasteiger partial charge in [-0.2, -0.15) is 0 Å².